The Morgan fingerprint density at radius 3 is 2.67 bits per heavy atom. The summed E-state index contributed by atoms with van der Waals surface area (Å²) in [7, 11) is -2.52. The molecule has 0 amide bonds. The fraction of sp³-hybridized carbons (Fsp3) is 0.500. The number of carbonyl (C=O) groups excluding carboxylic acids is 1. The number of methoxy groups -OCH3 is 1. The molecule has 21 heavy (non-hydrogen) atoms. The van der Waals surface area contributed by atoms with Gasteiger partial charge in [0.1, 0.15) is 6.04 Å². The Labute approximate surface area is 129 Å². The molecular formula is C14H18ClNO4S. The van der Waals surface area contributed by atoms with E-state index in [1.54, 1.807) is 12.1 Å². The Balaban J connectivity index is 2.46. The lowest BCUT2D eigenvalue weighted by Crippen LogP contribution is -2.46. The normalized spacial score (nSPS) is 22.2. The second-order valence-corrected chi connectivity index (χ2v) is 8.06. The predicted molar refractivity (Wildman–Crippen MR) is 79.5 cm³/mol. The molecule has 1 aromatic carbocycles. The molecule has 0 saturated carbocycles. The monoisotopic (exact) mass is 331 g/mol. The average molecular weight is 332 g/mol. The number of hydrogen-bond donors (Lipinski definition) is 0. The number of halogens is 1. The summed E-state index contributed by atoms with van der Waals surface area (Å²) in [4.78, 5) is 12.1. The first-order chi connectivity index (χ1) is 9.70. The van der Waals surface area contributed by atoms with Crippen molar-refractivity contribution in [2.45, 2.75) is 31.2 Å². The molecule has 0 radical (unpaired) electrons. The predicted octanol–water partition coefficient (Wildman–Crippen LogP) is 2.30. The number of ether oxygens (including phenoxy) is 1. The van der Waals surface area contributed by atoms with Crippen molar-refractivity contribution in [3.63, 3.8) is 0 Å². The molecule has 0 aromatic heterocycles. The molecule has 2 rings (SSSR count). The quantitative estimate of drug-likeness (QED) is 0.797. The summed E-state index contributed by atoms with van der Waals surface area (Å²) in [6.45, 7) is 4.01. The van der Waals surface area contributed by atoms with Crippen molar-refractivity contribution in [2.75, 3.05) is 13.7 Å². The van der Waals surface area contributed by atoms with Crippen LogP contribution >= 0.6 is 11.6 Å². The third-order valence-corrected chi connectivity index (χ3v) is 5.93. The molecule has 1 fully saturated rings. The summed E-state index contributed by atoms with van der Waals surface area (Å²) < 4.78 is 31.5. The van der Waals surface area contributed by atoms with Crippen molar-refractivity contribution < 1.29 is 17.9 Å². The van der Waals surface area contributed by atoms with E-state index in [-0.39, 0.29) is 11.4 Å². The van der Waals surface area contributed by atoms with Crippen molar-refractivity contribution in [3.05, 3.63) is 29.3 Å². The van der Waals surface area contributed by atoms with Gasteiger partial charge in [-0.1, -0.05) is 31.5 Å². The second-order valence-electron chi connectivity index (χ2n) is 5.74. The average Bonchev–Trinajstić information content (AvgIpc) is 2.74. The van der Waals surface area contributed by atoms with E-state index in [0.717, 1.165) is 0 Å². The number of hydrogen-bond acceptors (Lipinski definition) is 4. The minimum Gasteiger partial charge on any atom is -0.468 e. The zero-order chi connectivity index (χ0) is 15.8. The van der Waals surface area contributed by atoms with Crippen LogP contribution in [0.15, 0.2) is 29.2 Å². The third kappa shape index (κ3) is 2.93. The van der Waals surface area contributed by atoms with Gasteiger partial charge in [0.15, 0.2) is 0 Å². The Kier molecular flexibility index (Phi) is 4.33. The van der Waals surface area contributed by atoms with E-state index >= 15 is 0 Å². The van der Waals surface area contributed by atoms with Gasteiger partial charge in [-0.15, -0.1) is 0 Å². The van der Waals surface area contributed by atoms with Crippen LogP contribution in [-0.4, -0.2) is 38.4 Å². The summed E-state index contributed by atoms with van der Waals surface area (Å²) in [5.41, 5.74) is -0.473. The first kappa shape index (κ1) is 16.3. The molecule has 0 bridgehead atoms. The smallest absolute Gasteiger partial charge is 0.324 e. The second kappa shape index (κ2) is 5.59. The van der Waals surface area contributed by atoms with Gasteiger partial charge >= 0.3 is 5.97 Å². The Bertz CT molecular complexity index is 657. The number of esters is 1. The van der Waals surface area contributed by atoms with E-state index in [0.29, 0.717) is 11.4 Å². The molecule has 1 saturated heterocycles. The molecule has 5 nitrogen and oxygen atoms in total. The number of rotatable bonds is 3. The van der Waals surface area contributed by atoms with E-state index in [4.69, 9.17) is 16.3 Å². The van der Waals surface area contributed by atoms with Crippen molar-refractivity contribution >= 4 is 27.6 Å². The molecule has 1 aliphatic rings. The maximum atomic E-state index is 12.8. The van der Waals surface area contributed by atoms with Crippen LogP contribution in [0.3, 0.4) is 0 Å². The highest BCUT2D eigenvalue weighted by atomic mass is 35.5. The van der Waals surface area contributed by atoms with Crippen molar-refractivity contribution in [3.8, 4) is 0 Å². The van der Waals surface area contributed by atoms with Crippen LogP contribution in [0.2, 0.25) is 5.02 Å². The first-order valence-corrected chi connectivity index (χ1v) is 8.37. The summed E-state index contributed by atoms with van der Waals surface area (Å²) >= 11 is 5.87. The van der Waals surface area contributed by atoms with Gasteiger partial charge in [0.25, 0.3) is 0 Å². The van der Waals surface area contributed by atoms with Gasteiger partial charge in [0, 0.05) is 11.6 Å². The van der Waals surface area contributed by atoms with Gasteiger partial charge in [0.05, 0.1) is 12.0 Å². The molecule has 0 N–H and O–H groups in total. The molecular weight excluding hydrogens is 314 g/mol. The molecule has 0 aliphatic carbocycles. The molecule has 1 atom stereocenters. The number of carbonyl (C=O) groups is 1. The molecule has 0 spiro atoms. The topological polar surface area (TPSA) is 63.7 Å². The Morgan fingerprint density at radius 1 is 1.43 bits per heavy atom. The van der Waals surface area contributed by atoms with E-state index in [9.17, 15) is 13.2 Å². The fourth-order valence-corrected chi connectivity index (χ4v) is 4.66. The lowest BCUT2D eigenvalue weighted by atomic mass is 9.85. The summed E-state index contributed by atoms with van der Waals surface area (Å²) in [6.07, 6.45) is 0.590. The van der Waals surface area contributed by atoms with E-state index in [1.807, 2.05) is 13.8 Å². The van der Waals surface area contributed by atoms with Gasteiger partial charge in [0.2, 0.25) is 10.0 Å². The fourth-order valence-electron chi connectivity index (χ4n) is 2.62. The highest BCUT2D eigenvalue weighted by molar-refractivity contribution is 7.89. The van der Waals surface area contributed by atoms with Gasteiger partial charge < -0.3 is 4.74 Å². The Hall–Kier alpha value is -1.11. The van der Waals surface area contributed by atoms with Crippen LogP contribution in [0.25, 0.3) is 0 Å². The molecule has 7 heteroatoms. The maximum Gasteiger partial charge on any atom is 0.324 e. The van der Waals surface area contributed by atoms with Gasteiger partial charge in [-0.25, -0.2) is 8.42 Å². The SMILES string of the molecule is COC(=O)[C@H]1N(S(=O)(=O)c2cccc(Cl)c2)CCC1(C)C. The number of nitrogens with zero attached hydrogens (tertiary/aromatic N) is 1. The number of benzene rings is 1. The van der Waals surface area contributed by atoms with E-state index < -0.39 is 27.4 Å². The lowest BCUT2D eigenvalue weighted by Gasteiger charge is -2.29. The molecule has 1 heterocycles. The third-order valence-electron chi connectivity index (χ3n) is 3.83. The maximum absolute atomic E-state index is 12.8. The highest BCUT2D eigenvalue weighted by Crippen LogP contribution is 2.40. The minimum absolute atomic E-state index is 0.0848. The summed E-state index contributed by atoms with van der Waals surface area (Å²) in [6, 6.07) is 5.21. The van der Waals surface area contributed by atoms with Crippen molar-refractivity contribution in [1.82, 2.24) is 4.31 Å². The Morgan fingerprint density at radius 2 is 2.10 bits per heavy atom. The standard InChI is InChI=1S/C14H18ClNO4S/c1-14(2)7-8-16(12(14)13(17)20-3)21(18,19)11-6-4-5-10(15)9-11/h4-6,9,12H,7-8H2,1-3H3/t12-/m1/s1. The van der Waals surface area contributed by atoms with Crippen molar-refractivity contribution in [2.24, 2.45) is 5.41 Å². The zero-order valence-electron chi connectivity index (χ0n) is 12.2. The minimum atomic E-state index is -3.79. The summed E-state index contributed by atoms with van der Waals surface area (Å²) in [5.74, 6) is -0.539. The molecule has 0 unspecified atom stereocenters. The van der Waals surface area contributed by atoms with E-state index in [2.05, 4.69) is 0 Å². The van der Waals surface area contributed by atoms with Crippen LogP contribution < -0.4 is 0 Å². The number of sulfonamides is 1. The largest absolute Gasteiger partial charge is 0.468 e. The van der Waals surface area contributed by atoms with Gasteiger partial charge in [-0.3, -0.25) is 4.79 Å². The highest BCUT2D eigenvalue weighted by Gasteiger charge is 2.50. The molecule has 116 valence electrons. The molecule has 1 aliphatic heterocycles. The van der Waals surface area contributed by atoms with Crippen molar-refractivity contribution in [1.29, 1.82) is 0 Å². The van der Waals surface area contributed by atoms with Gasteiger partial charge in [-0.2, -0.15) is 4.31 Å². The van der Waals surface area contributed by atoms with Crippen LogP contribution in [0.4, 0.5) is 0 Å². The van der Waals surface area contributed by atoms with Crippen LogP contribution in [0.1, 0.15) is 20.3 Å². The van der Waals surface area contributed by atoms with Gasteiger partial charge in [-0.05, 0) is 30.0 Å². The molecule has 1 aromatic rings. The first-order valence-electron chi connectivity index (χ1n) is 6.55. The lowest BCUT2D eigenvalue weighted by molar-refractivity contribution is -0.147. The summed E-state index contributed by atoms with van der Waals surface area (Å²) in [5, 5.41) is 0.337. The van der Waals surface area contributed by atoms with E-state index in [1.165, 1.54) is 23.5 Å². The van der Waals surface area contributed by atoms with Crippen LogP contribution in [-0.2, 0) is 19.6 Å². The van der Waals surface area contributed by atoms with Crippen LogP contribution in [0, 0.1) is 5.41 Å². The van der Waals surface area contributed by atoms with Crippen LogP contribution in [0.5, 0.6) is 0 Å². The zero-order valence-corrected chi connectivity index (χ0v) is 13.7.